The Morgan fingerprint density at radius 2 is 1.74 bits per heavy atom. The van der Waals surface area contributed by atoms with E-state index >= 15 is 0 Å². The van der Waals surface area contributed by atoms with E-state index in [1.54, 1.807) is 0 Å². The molecule has 1 amide bonds. The summed E-state index contributed by atoms with van der Waals surface area (Å²) < 4.78 is 5.84. The van der Waals surface area contributed by atoms with Gasteiger partial charge in [0.2, 0.25) is 0 Å². The van der Waals surface area contributed by atoms with E-state index in [0.29, 0.717) is 42.6 Å². The van der Waals surface area contributed by atoms with E-state index in [2.05, 4.69) is 70.1 Å². The highest BCUT2D eigenvalue weighted by Gasteiger charge is 2.43. The highest BCUT2D eigenvalue weighted by Crippen LogP contribution is 2.34. The molecule has 2 atom stereocenters. The van der Waals surface area contributed by atoms with Crippen molar-refractivity contribution < 1.29 is 9.21 Å². The van der Waals surface area contributed by atoms with Gasteiger partial charge in [-0.1, -0.05) is 88.4 Å². The molecule has 3 aromatic rings. The number of carbonyl (C=O) groups excluding carboxylic acids is 1. The molecule has 208 valence electrons. The van der Waals surface area contributed by atoms with Crippen LogP contribution in [0.2, 0.25) is 0 Å². The maximum Gasteiger partial charge on any atom is 0.258 e. The van der Waals surface area contributed by atoms with Crippen LogP contribution in [0.5, 0.6) is 0 Å². The number of aryl methyl sites for hydroxylation is 2. The molecule has 0 saturated carbocycles. The summed E-state index contributed by atoms with van der Waals surface area (Å²) in [6.45, 7) is 20.5. The normalized spacial score (nSPS) is 18.3. The molecule has 39 heavy (non-hydrogen) atoms. The van der Waals surface area contributed by atoms with Gasteiger partial charge in [-0.2, -0.15) is 0 Å². The van der Waals surface area contributed by atoms with Crippen LogP contribution in [0.25, 0.3) is 11.0 Å². The summed E-state index contributed by atoms with van der Waals surface area (Å²) in [6, 6.07) is 17.9. The lowest BCUT2D eigenvalue weighted by Crippen LogP contribution is -2.64. The molecule has 0 radical (unpaired) electrons. The van der Waals surface area contributed by atoms with Gasteiger partial charge in [0.15, 0.2) is 5.84 Å². The SMILES string of the molecule is C=C(C(=N)N=CC(C)CC)N1CCN(C(=O)c2c(C)oc3ccccc23)CC1(C)C(C)C.Cc1ccccc1. The summed E-state index contributed by atoms with van der Waals surface area (Å²) in [6.07, 6.45) is 2.81. The van der Waals surface area contributed by atoms with Crippen LogP contribution in [-0.4, -0.2) is 52.9 Å². The zero-order valence-corrected chi connectivity index (χ0v) is 24.6. The number of aliphatic imine (C=N–C) groups is 1. The molecule has 2 heterocycles. The van der Waals surface area contributed by atoms with Gasteiger partial charge in [-0.25, -0.2) is 4.99 Å². The summed E-state index contributed by atoms with van der Waals surface area (Å²) in [5.74, 6) is 1.39. The number of piperazine rings is 1. The molecule has 1 aliphatic heterocycles. The minimum absolute atomic E-state index is 0.00513. The molecule has 6 nitrogen and oxygen atoms in total. The molecule has 1 aliphatic rings. The Morgan fingerprint density at radius 1 is 1.10 bits per heavy atom. The first kappa shape index (κ1) is 29.9. The third kappa shape index (κ3) is 6.86. The number of hydrogen-bond donors (Lipinski definition) is 1. The van der Waals surface area contributed by atoms with Gasteiger partial charge in [0.05, 0.1) is 16.8 Å². The van der Waals surface area contributed by atoms with Gasteiger partial charge in [-0.05, 0) is 45.1 Å². The molecule has 2 unspecified atom stereocenters. The molecular formula is C33H44N4O2. The fourth-order valence-corrected chi connectivity index (χ4v) is 4.77. The minimum atomic E-state index is -0.364. The molecule has 0 spiro atoms. The third-order valence-electron chi connectivity index (χ3n) is 7.88. The second-order valence-corrected chi connectivity index (χ2v) is 11.0. The van der Waals surface area contributed by atoms with Crippen molar-refractivity contribution >= 4 is 28.9 Å². The van der Waals surface area contributed by atoms with Gasteiger partial charge in [0.1, 0.15) is 11.3 Å². The lowest BCUT2D eigenvalue weighted by Gasteiger charge is -2.53. The second kappa shape index (κ2) is 12.9. The molecule has 0 bridgehead atoms. The number of benzene rings is 2. The second-order valence-electron chi connectivity index (χ2n) is 11.0. The van der Waals surface area contributed by atoms with Crippen LogP contribution in [0.1, 0.15) is 62.7 Å². The first-order chi connectivity index (χ1) is 18.5. The highest BCUT2D eigenvalue weighted by molar-refractivity contribution is 6.07. The maximum atomic E-state index is 13.6. The van der Waals surface area contributed by atoms with Gasteiger partial charge in [0, 0.05) is 31.2 Å². The number of amides is 1. The summed E-state index contributed by atoms with van der Waals surface area (Å²) in [5, 5.41) is 9.31. The van der Waals surface area contributed by atoms with Crippen molar-refractivity contribution in [3.8, 4) is 0 Å². The number of rotatable bonds is 6. The zero-order valence-electron chi connectivity index (χ0n) is 24.6. The minimum Gasteiger partial charge on any atom is -0.461 e. The number of nitrogens with one attached hydrogen (secondary N) is 1. The van der Waals surface area contributed by atoms with Crippen molar-refractivity contribution in [2.24, 2.45) is 16.8 Å². The topological polar surface area (TPSA) is 72.9 Å². The summed E-state index contributed by atoms with van der Waals surface area (Å²) in [7, 11) is 0. The number of carbonyl (C=O) groups is 1. The predicted octanol–water partition coefficient (Wildman–Crippen LogP) is 7.52. The Kier molecular flexibility index (Phi) is 9.90. The Balaban J connectivity index is 0.000000520. The average Bonchev–Trinajstić information content (AvgIpc) is 3.26. The number of fused-ring (bicyclic) bond motifs is 1. The van der Waals surface area contributed by atoms with Crippen molar-refractivity contribution in [3.63, 3.8) is 0 Å². The van der Waals surface area contributed by atoms with E-state index in [1.165, 1.54) is 5.56 Å². The van der Waals surface area contributed by atoms with Crippen LogP contribution in [0.4, 0.5) is 0 Å². The number of furan rings is 1. The Hall–Kier alpha value is -3.67. The van der Waals surface area contributed by atoms with Gasteiger partial charge in [-0.15, -0.1) is 0 Å². The quantitative estimate of drug-likeness (QED) is 0.266. The molecule has 6 heteroatoms. The number of hydrogen-bond acceptors (Lipinski definition) is 4. The van der Waals surface area contributed by atoms with Gasteiger partial charge < -0.3 is 14.2 Å². The van der Waals surface area contributed by atoms with Gasteiger partial charge >= 0.3 is 0 Å². The smallest absolute Gasteiger partial charge is 0.258 e. The van der Waals surface area contributed by atoms with Crippen LogP contribution in [-0.2, 0) is 0 Å². The van der Waals surface area contributed by atoms with E-state index < -0.39 is 0 Å². The molecule has 2 aromatic carbocycles. The fourth-order valence-electron chi connectivity index (χ4n) is 4.77. The van der Waals surface area contributed by atoms with E-state index in [9.17, 15) is 4.79 Å². The van der Waals surface area contributed by atoms with Crippen LogP contribution >= 0.6 is 0 Å². The van der Waals surface area contributed by atoms with E-state index in [4.69, 9.17) is 9.83 Å². The van der Waals surface area contributed by atoms with Crippen molar-refractivity contribution in [3.05, 3.63) is 83.8 Å². The van der Waals surface area contributed by atoms with Gasteiger partial charge in [0.25, 0.3) is 5.91 Å². The Morgan fingerprint density at radius 3 is 2.33 bits per heavy atom. The van der Waals surface area contributed by atoms with Crippen molar-refractivity contribution in [1.29, 1.82) is 5.41 Å². The molecular weight excluding hydrogens is 484 g/mol. The summed E-state index contributed by atoms with van der Waals surface area (Å²) in [5.41, 5.74) is 2.95. The third-order valence-corrected chi connectivity index (χ3v) is 7.88. The lowest BCUT2D eigenvalue weighted by atomic mass is 9.83. The van der Waals surface area contributed by atoms with Crippen molar-refractivity contribution in [1.82, 2.24) is 9.80 Å². The summed E-state index contributed by atoms with van der Waals surface area (Å²) >= 11 is 0. The molecule has 1 fully saturated rings. The average molecular weight is 529 g/mol. The van der Waals surface area contributed by atoms with Crippen LogP contribution in [0.3, 0.4) is 0 Å². The van der Waals surface area contributed by atoms with E-state index in [-0.39, 0.29) is 23.2 Å². The largest absolute Gasteiger partial charge is 0.461 e. The molecule has 0 aliphatic carbocycles. The zero-order chi connectivity index (χ0) is 28.7. The standard InChI is InChI=1S/C26H36N4O2.C7H8/c1-8-18(4)15-28-24(27)19(5)30-14-13-29(16-26(30,7)17(2)3)25(31)23-20(6)32-22-12-10-9-11-21(22)23;1-7-5-3-2-4-6-7/h9-12,15,17-18,27H,5,8,13-14,16H2,1-4,6-7H3;2-6H,1H3. The van der Waals surface area contributed by atoms with Crippen LogP contribution < -0.4 is 0 Å². The first-order valence-corrected chi connectivity index (χ1v) is 13.9. The number of para-hydroxylation sites is 1. The lowest BCUT2D eigenvalue weighted by molar-refractivity contribution is 0.00887. The Bertz CT molecular complexity index is 1320. The molecule has 1 aromatic heterocycles. The molecule has 1 N–H and O–H groups in total. The fraction of sp³-hybridized carbons (Fsp3) is 0.424. The highest BCUT2D eigenvalue weighted by atomic mass is 16.3. The number of amidine groups is 1. The van der Waals surface area contributed by atoms with E-state index in [0.717, 1.165) is 17.4 Å². The maximum absolute atomic E-state index is 13.6. The Labute approximate surface area is 233 Å². The summed E-state index contributed by atoms with van der Waals surface area (Å²) in [4.78, 5) is 22.0. The van der Waals surface area contributed by atoms with Crippen LogP contribution in [0.15, 0.2) is 76.3 Å². The molecule has 1 saturated heterocycles. The van der Waals surface area contributed by atoms with Gasteiger partial charge in [-0.3, -0.25) is 10.2 Å². The predicted molar refractivity (Wildman–Crippen MR) is 163 cm³/mol. The first-order valence-electron chi connectivity index (χ1n) is 13.9. The number of nitrogens with zero attached hydrogens (tertiary/aromatic N) is 3. The monoisotopic (exact) mass is 528 g/mol. The molecule has 4 rings (SSSR count). The van der Waals surface area contributed by atoms with E-state index in [1.807, 2.05) is 60.5 Å². The van der Waals surface area contributed by atoms with Crippen LogP contribution in [0, 0.1) is 31.1 Å². The van der Waals surface area contributed by atoms with Crippen molar-refractivity contribution in [2.75, 3.05) is 19.6 Å². The van der Waals surface area contributed by atoms with Crippen molar-refractivity contribution in [2.45, 2.75) is 60.4 Å².